The van der Waals surface area contributed by atoms with Crippen LogP contribution in [-0.4, -0.2) is 31.4 Å². The Morgan fingerprint density at radius 3 is 2.69 bits per heavy atom. The van der Waals surface area contributed by atoms with Crippen molar-refractivity contribution in [2.75, 3.05) is 29.9 Å². The highest BCUT2D eigenvalue weighted by molar-refractivity contribution is 5.95. The molecule has 26 heavy (non-hydrogen) atoms. The van der Waals surface area contributed by atoms with Gasteiger partial charge in [-0.2, -0.15) is 0 Å². The number of carbonyl (C=O) groups is 2. The molecular weight excluding hydrogens is 326 g/mol. The third kappa shape index (κ3) is 4.23. The Kier molecular flexibility index (Phi) is 5.56. The molecule has 136 valence electrons. The number of aryl methyl sites for hydroxylation is 2. The second-order valence-electron chi connectivity index (χ2n) is 6.73. The van der Waals surface area contributed by atoms with Gasteiger partial charge in [-0.25, -0.2) is 0 Å². The maximum absolute atomic E-state index is 12.3. The van der Waals surface area contributed by atoms with Gasteiger partial charge in [-0.3, -0.25) is 9.59 Å². The lowest BCUT2D eigenvalue weighted by atomic mass is 10.0. The molecule has 2 amide bonds. The second-order valence-corrected chi connectivity index (χ2v) is 6.73. The van der Waals surface area contributed by atoms with Crippen LogP contribution < -0.4 is 15.5 Å². The lowest BCUT2D eigenvalue weighted by molar-refractivity contribution is -0.123. The summed E-state index contributed by atoms with van der Waals surface area (Å²) < 4.78 is 0. The Hall–Kier alpha value is -2.82. The molecular formula is C21H25N3O2. The van der Waals surface area contributed by atoms with Crippen LogP contribution in [0.25, 0.3) is 0 Å². The van der Waals surface area contributed by atoms with Crippen LogP contribution in [0.3, 0.4) is 0 Å². The average Bonchev–Trinajstić information content (AvgIpc) is 2.64. The van der Waals surface area contributed by atoms with E-state index in [1.807, 2.05) is 44.2 Å². The average molecular weight is 351 g/mol. The number of hydrogen-bond acceptors (Lipinski definition) is 3. The Morgan fingerprint density at radius 2 is 1.85 bits per heavy atom. The number of amides is 2. The van der Waals surface area contributed by atoms with Gasteiger partial charge in [0.05, 0.1) is 13.1 Å². The molecule has 0 spiro atoms. The van der Waals surface area contributed by atoms with Crippen molar-refractivity contribution in [3.05, 3.63) is 59.2 Å². The first-order chi connectivity index (χ1) is 12.5. The standard InChI is InChI=1S/C21H25N3O2/c1-15-7-5-10-18(16(15)2)23-20(25)13-22-21(26)14-24-12-6-9-17-8-3-4-11-19(17)24/h3-5,7-8,10-11H,6,9,12-14H2,1-2H3,(H,22,26)(H,23,25). The molecule has 1 heterocycles. The van der Waals surface area contributed by atoms with E-state index in [-0.39, 0.29) is 24.9 Å². The van der Waals surface area contributed by atoms with Crippen LogP contribution in [-0.2, 0) is 16.0 Å². The van der Waals surface area contributed by atoms with E-state index in [9.17, 15) is 9.59 Å². The van der Waals surface area contributed by atoms with Crippen LogP contribution in [0.4, 0.5) is 11.4 Å². The molecule has 3 rings (SSSR count). The molecule has 0 radical (unpaired) electrons. The molecule has 2 N–H and O–H groups in total. The Labute approximate surface area is 154 Å². The Balaban J connectivity index is 1.52. The van der Waals surface area contributed by atoms with Gasteiger partial charge in [-0.15, -0.1) is 0 Å². The molecule has 5 nitrogen and oxygen atoms in total. The van der Waals surface area contributed by atoms with E-state index in [2.05, 4.69) is 27.7 Å². The summed E-state index contributed by atoms with van der Waals surface area (Å²) in [4.78, 5) is 26.5. The lowest BCUT2D eigenvalue weighted by Gasteiger charge is -2.30. The van der Waals surface area contributed by atoms with Gasteiger partial charge in [0.1, 0.15) is 0 Å². The number of rotatable bonds is 5. The topological polar surface area (TPSA) is 61.4 Å². The second kappa shape index (κ2) is 8.04. The SMILES string of the molecule is Cc1cccc(NC(=O)CNC(=O)CN2CCCc3ccccc32)c1C. The first-order valence-corrected chi connectivity index (χ1v) is 9.00. The maximum Gasteiger partial charge on any atom is 0.243 e. The van der Waals surface area contributed by atoms with Gasteiger partial charge in [0.15, 0.2) is 0 Å². The zero-order chi connectivity index (χ0) is 18.5. The number of nitrogens with one attached hydrogen (secondary N) is 2. The first kappa shape index (κ1) is 18.0. The molecule has 2 aromatic rings. The first-order valence-electron chi connectivity index (χ1n) is 9.00. The van der Waals surface area contributed by atoms with Gasteiger partial charge < -0.3 is 15.5 Å². The van der Waals surface area contributed by atoms with Crippen molar-refractivity contribution in [3.8, 4) is 0 Å². The van der Waals surface area contributed by atoms with Crippen molar-refractivity contribution in [2.45, 2.75) is 26.7 Å². The third-order valence-electron chi connectivity index (χ3n) is 4.87. The van der Waals surface area contributed by atoms with Gasteiger partial charge in [0, 0.05) is 17.9 Å². The number of para-hydroxylation sites is 1. The highest BCUT2D eigenvalue weighted by Crippen LogP contribution is 2.26. The molecule has 0 atom stereocenters. The third-order valence-corrected chi connectivity index (χ3v) is 4.87. The highest BCUT2D eigenvalue weighted by Gasteiger charge is 2.18. The van der Waals surface area contributed by atoms with Crippen LogP contribution in [0.2, 0.25) is 0 Å². The van der Waals surface area contributed by atoms with E-state index in [0.717, 1.165) is 41.9 Å². The van der Waals surface area contributed by atoms with Crippen LogP contribution >= 0.6 is 0 Å². The van der Waals surface area contributed by atoms with Crippen LogP contribution in [0, 0.1) is 13.8 Å². The molecule has 5 heteroatoms. The Morgan fingerprint density at radius 1 is 1.04 bits per heavy atom. The summed E-state index contributed by atoms with van der Waals surface area (Å²) in [5.41, 5.74) is 5.34. The Bertz CT molecular complexity index is 817. The molecule has 2 aromatic carbocycles. The van der Waals surface area contributed by atoms with E-state index in [1.165, 1.54) is 5.56 Å². The van der Waals surface area contributed by atoms with Crippen LogP contribution in [0.15, 0.2) is 42.5 Å². The van der Waals surface area contributed by atoms with Gasteiger partial charge in [0.2, 0.25) is 11.8 Å². The zero-order valence-electron chi connectivity index (χ0n) is 15.3. The summed E-state index contributed by atoms with van der Waals surface area (Å²) in [7, 11) is 0. The van der Waals surface area contributed by atoms with E-state index >= 15 is 0 Å². The highest BCUT2D eigenvalue weighted by atomic mass is 16.2. The molecule has 0 saturated carbocycles. The number of anilines is 2. The summed E-state index contributed by atoms with van der Waals surface area (Å²) in [5.74, 6) is -0.357. The molecule has 0 saturated heterocycles. The van der Waals surface area contributed by atoms with Crippen molar-refractivity contribution in [3.63, 3.8) is 0 Å². The number of carbonyl (C=O) groups excluding carboxylic acids is 2. The zero-order valence-corrected chi connectivity index (χ0v) is 15.3. The van der Waals surface area contributed by atoms with Crippen molar-refractivity contribution < 1.29 is 9.59 Å². The van der Waals surface area contributed by atoms with Gasteiger partial charge in [-0.05, 0) is 55.5 Å². The fourth-order valence-corrected chi connectivity index (χ4v) is 3.26. The largest absolute Gasteiger partial charge is 0.362 e. The summed E-state index contributed by atoms with van der Waals surface area (Å²) in [6, 6.07) is 14.0. The van der Waals surface area contributed by atoms with Crippen molar-refractivity contribution >= 4 is 23.2 Å². The van der Waals surface area contributed by atoms with E-state index in [1.54, 1.807) is 0 Å². The van der Waals surface area contributed by atoms with Crippen LogP contribution in [0.1, 0.15) is 23.1 Å². The van der Waals surface area contributed by atoms with Gasteiger partial charge >= 0.3 is 0 Å². The predicted octanol–water partition coefficient (Wildman–Crippen LogP) is 2.81. The summed E-state index contributed by atoms with van der Waals surface area (Å²) >= 11 is 0. The quantitative estimate of drug-likeness (QED) is 0.871. The van der Waals surface area contributed by atoms with Gasteiger partial charge in [0.25, 0.3) is 0 Å². The molecule has 1 aliphatic heterocycles. The number of hydrogen-bond donors (Lipinski definition) is 2. The smallest absolute Gasteiger partial charge is 0.243 e. The summed E-state index contributed by atoms with van der Waals surface area (Å²) in [5, 5.41) is 5.58. The predicted molar refractivity (Wildman–Crippen MR) is 105 cm³/mol. The molecule has 0 aromatic heterocycles. The summed E-state index contributed by atoms with van der Waals surface area (Å²) in [6.07, 6.45) is 2.09. The van der Waals surface area contributed by atoms with Crippen LogP contribution in [0.5, 0.6) is 0 Å². The number of benzene rings is 2. The van der Waals surface area contributed by atoms with E-state index in [4.69, 9.17) is 0 Å². The molecule has 0 bridgehead atoms. The molecule has 0 aliphatic carbocycles. The number of nitrogens with zero attached hydrogens (tertiary/aromatic N) is 1. The normalized spacial score (nSPS) is 13.1. The number of fused-ring (bicyclic) bond motifs is 1. The lowest BCUT2D eigenvalue weighted by Crippen LogP contribution is -2.42. The minimum atomic E-state index is -0.217. The van der Waals surface area contributed by atoms with Crippen molar-refractivity contribution in [2.24, 2.45) is 0 Å². The summed E-state index contributed by atoms with van der Waals surface area (Å²) in [6.45, 7) is 5.08. The monoisotopic (exact) mass is 351 g/mol. The van der Waals surface area contributed by atoms with Gasteiger partial charge in [-0.1, -0.05) is 30.3 Å². The molecule has 0 unspecified atom stereocenters. The van der Waals surface area contributed by atoms with E-state index in [0.29, 0.717) is 0 Å². The van der Waals surface area contributed by atoms with Crippen molar-refractivity contribution in [1.29, 1.82) is 0 Å². The minimum absolute atomic E-state index is 0.0261. The van der Waals surface area contributed by atoms with Crippen molar-refractivity contribution in [1.82, 2.24) is 5.32 Å². The fraction of sp³-hybridized carbons (Fsp3) is 0.333. The van der Waals surface area contributed by atoms with E-state index < -0.39 is 0 Å². The minimum Gasteiger partial charge on any atom is -0.362 e. The fourth-order valence-electron chi connectivity index (χ4n) is 3.26. The maximum atomic E-state index is 12.3. The molecule has 0 fully saturated rings. The molecule has 1 aliphatic rings.